The van der Waals surface area contributed by atoms with E-state index in [0.717, 1.165) is 100 Å². The van der Waals surface area contributed by atoms with Crippen LogP contribution in [0.5, 0.6) is 0 Å². The van der Waals surface area contributed by atoms with Crippen molar-refractivity contribution in [3.8, 4) is 0 Å². The van der Waals surface area contributed by atoms with Gasteiger partial charge in [-0.05, 0) is 106 Å². The van der Waals surface area contributed by atoms with Gasteiger partial charge in [-0.1, -0.05) is 18.7 Å². The number of piperidine rings is 3. The van der Waals surface area contributed by atoms with Crippen molar-refractivity contribution < 1.29 is 14.4 Å². The number of nitrogens with one attached hydrogen (secondary N) is 2. The summed E-state index contributed by atoms with van der Waals surface area (Å²) in [6, 6.07) is 14.6. The number of likely N-dealkylation sites (tertiary alicyclic amines) is 1. The summed E-state index contributed by atoms with van der Waals surface area (Å²) in [7, 11) is 1.99. The number of carbonyl (C=O) groups is 3. The molecule has 3 amide bonds. The predicted molar refractivity (Wildman–Crippen MR) is 208 cm³/mol. The number of anilines is 6. The minimum Gasteiger partial charge on any atom is -0.371 e. The molecule has 3 aromatic rings. The number of amides is 3. The summed E-state index contributed by atoms with van der Waals surface area (Å²) in [4.78, 5) is 57.1. The van der Waals surface area contributed by atoms with Gasteiger partial charge in [-0.15, -0.1) is 0 Å². The molecule has 2 atom stereocenters. The van der Waals surface area contributed by atoms with Crippen LogP contribution in [-0.4, -0.2) is 91.5 Å². The normalized spacial score (nSPS) is 22.7. The Hall–Kier alpha value is -5.17. The number of nitrogens with two attached hydrogens (primary N) is 1. The molecular weight excluding hydrogens is 669 g/mol. The first-order valence-corrected chi connectivity index (χ1v) is 19.2. The molecule has 5 aliphatic heterocycles. The van der Waals surface area contributed by atoms with Crippen molar-refractivity contribution in [2.45, 2.75) is 63.3 Å². The zero-order chi connectivity index (χ0) is 36.6. The lowest BCUT2D eigenvalue weighted by molar-refractivity contribution is -0.134. The first-order valence-electron chi connectivity index (χ1n) is 19.2. The molecule has 2 aromatic carbocycles. The standard InChI is InChI=1S/C40H50N10O3/c1-26-46(2)34-22-31(10-11-32(34)50(26)33-12-13-36(51)45-40(33)53)49-21-14-27(25-49)24-47-19-15-29(16-20-47)28-6-8-30(9-7-28)43-39-37(38(41)52)42-23-35(44-39)48-17-4-3-5-18-48/h6-11,22-23,27,29,33H,1,3-5,12-21,24-25H2,2H3,(H2,41,52)(H,43,44)(H,45,51,53)/t27-,33-/m1/s1. The van der Waals surface area contributed by atoms with Crippen molar-refractivity contribution in [1.29, 1.82) is 0 Å². The lowest BCUT2D eigenvalue weighted by Crippen LogP contribution is -2.52. The van der Waals surface area contributed by atoms with Crippen LogP contribution < -0.4 is 36.0 Å². The molecule has 0 spiro atoms. The van der Waals surface area contributed by atoms with Crippen LogP contribution in [0.3, 0.4) is 0 Å². The zero-order valence-corrected chi connectivity index (χ0v) is 30.6. The molecule has 8 rings (SSSR count). The molecule has 1 aromatic heterocycles. The zero-order valence-electron chi connectivity index (χ0n) is 30.6. The molecule has 0 radical (unpaired) electrons. The van der Waals surface area contributed by atoms with Crippen molar-refractivity contribution in [3.05, 3.63) is 72.3 Å². The first-order chi connectivity index (χ1) is 25.7. The van der Waals surface area contributed by atoms with Crippen molar-refractivity contribution >= 4 is 52.1 Å². The Morgan fingerprint density at radius 3 is 2.45 bits per heavy atom. The average Bonchev–Trinajstić information content (AvgIpc) is 3.74. The van der Waals surface area contributed by atoms with E-state index in [4.69, 9.17) is 10.7 Å². The second kappa shape index (κ2) is 14.7. The highest BCUT2D eigenvalue weighted by Gasteiger charge is 2.40. The summed E-state index contributed by atoms with van der Waals surface area (Å²) in [5.41, 5.74) is 11.2. The van der Waals surface area contributed by atoms with Crippen LogP contribution in [0.15, 0.2) is 61.1 Å². The maximum atomic E-state index is 12.7. The van der Waals surface area contributed by atoms with Crippen molar-refractivity contribution in [1.82, 2.24) is 20.2 Å². The number of nitrogens with zero attached hydrogens (tertiary/aromatic N) is 7. The van der Waals surface area contributed by atoms with Crippen LogP contribution in [0.2, 0.25) is 0 Å². The molecule has 6 heterocycles. The summed E-state index contributed by atoms with van der Waals surface area (Å²) in [6.45, 7) is 11.5. The molecule has 53 heavy (non-hydrogen) atoms. The number of hydrogen-bond donors (Lipinski definition) is 3. The average molecular weight is 719 g/mol. The van der Waals surface area contributed by atoms with Crippen LogP contribution in [0.25, 0.3) is 0 Å². The monoisotopic (exact) mass is 718 g/mol. The maximum absolute atomic E-state index is 12.7. The molecule has 278 valence electrons. The van der Waals surface area contributed by atoms with Crippen LogP contribution >= 0.6 is 0 Å². The Morgan fingerprint density at radius 2 is 1.72 bits per heavy atom. The second-order valence-electron chi connectivity index (χ2n) is 15.2. The Labute approximate surface area is 311 Å². The van der Waals surface area contributed by atoms with E-state index < -0.39 is 11.9 Å². The lowest BCUT2D eigenvalue weighted by atomic mass is 9.89. The Morgan fingerprint density at radius 1 is 0.943 bits per heavy atom. The predicted octanol–water partition coefficient (Wildman–Crippen LogP) is 4.55. The third-order valence-corrected chi connectivity index (χ3v) is 11.8. The summed E-state index contributed by atoms with van der Waals surface area (Å²) >= 11 is 0. The van der Waals surface area contributed by atoms with Crippen molar-refractivity contribution in [2.24, 2.45) is 11.7 Å². The van der Waals surface area contributed by atoms with Gasteiger partial charge in [0, 0.05) is 57.6 Å². The topological polar surface area (TPSA) is 143 Å². The number of carbonyl (C=O) groups excluding carboxylic acids is 3. The smallest absolute Gasteiger partial charge is 0.271 e. The van der Waals surface area contributed by atoms with Crippen LogP contribution in [-0.2, 0) is 9.59 Å². The fourth-order valence-corrected chi connectivity index (χ4v) is 8.82. The van der Waals surface area contributed by atoms with Crippen LogP contribution in [0.4, 0.5) is 34.4 Å². The molecule has 5 aliphatic rings. The molecule has 4 saturated heterocycles. The van der Waals surface area contributed by atoms with Crippen LogP contribution in [0.1, 0.15) is 73.3 Å². The first kappa shape index (κ1) is 34.9. The third-order valence-electron chi connectivity index (χ3n) is 11.8. The van der Waals surface area contributed by atoms with Gasteiger partial charge >= 0.3 is 0 Å². The molecule has 4 fully saturated rings. The fourth-order valence-electron chi connectivity index (χ4n) is 8.82. The van der Waals surface area contributed by atoms with E-state index in [0.29, 0.717) is 30.5 Å². The number of fused-ring (bicyclic) bond motifs is 1. The molecular formula is C40H50N10O3. The van der Waals surface area contributed by atoms with E-state index in [9.17, 15) is 14.4 Å². The summed E-state index contributed by atoms with van der Waals surface area (Å²) in [5, 5.41) is 5.80. The summed E-state index contributed by atoms with van der Waals surface area (Å²) in [5.74, 6) is 1.99. The molecule has 13 heteroatoms. The van der Waals surface area contributed by atoms with Gasteiger partial charge in [0.05, 0.1) is 17.6 Å². The highest BCUT2D eigenvalue weighted by Crippen LogP contribution is 2.45. The molecule has 0 unspecified atom stereocenters. The van der Waals surface area contributed by atoms with Gasteiger partial charge in [-0.3, -0.25) is 19.7 Å². The number of aromatic nitrogens is 2. The Balaban J connectivity index is 0.839. The van der Waals surface area contributed by atoms with E-state index in [1.807, 2.05) is 16.8 Å². The number of benzene rings is 2. The van der Waals surface area contributed by atoms with Crippen molar-refractivity contribution in [3.63, 3.8) is 0 Å². The minimum absolute atomic E-state index is 0.150. The number of hydrogen-bond acceptors (Lipinski definition) is 11. The second-order valence-corrected chi connectivity index (χ2v) is 15.2. The van der Waals surface area contributed by atoms with Gasteiger partial charge in [-0.2, -0.15) is 0 Å². The highest BCUT2D eigenvalue weighted by atomic mass is 16.2. The molecule has 0 bridgehead atoms. The summed E-state index contributed by atoms with van der Waals surface area (Å²) in [6.07, 6.45) is 9.38. The van der Waals surface area contributed by atoms with E-state index in [-0.39, 0.29) is 17.5 Å². The van der Waals surface area contributed by atoms with E-state index >= 15 is 0 Å². The van der Waals surface area contributed by atoms with Gasteiger partial charge in [0.25, 0.3) is 5.91 Å². The number of primary amides is 1. The number of imide groups is 1. The van der Waals surface area contributed by atoms with E-state index in [1.165, 1.54) is 24.1 Å². The Kier molecular flexibility index (Phi) is 9.67. The highest BCUT2D eigenvalue weighted by molar-refractivity contribution is 6.03. The molecule has 0 aliphatic carbocycles. The van der Waals surface area contributed by atoms with Gasteiger partial charge in [0.15, 0.2) is 11.5 Å². The lowest BCUT2D eigenvalue weighted by Gasteiger charge is -2.34. The van der Waals surface area contributed by atoms with E-state index in [2.05, 4.69) is 79.4 Å². The minimum atomic E-state index is -0.596. The quantitative estimate of drug-likeness (QED) is 0.268. The molecule has 4 N–H and O–H groups in total. The Bertz CT molecular complexity index is 1890. The maximum Gasteiger partial charge on any atom is 0.271 e. The largest absolute Gasteiger partial charge is 0.371 e. The van der Waals surface area contributed by atoms with Crippen molar-refractivity contribution in [2.75, 3.05) is 77.8 Å². The van der Waals surface area contributed by atoms with Gasteiger partial charge < -0.3 is 35.6 Å². The van der Waals surface area contributed by atoms with Gasteiger partial charge in [-0.25, -0.2) is 9.97 Å². The fraction of sp³-hybridized carbons (Fsp3) is 0.475. The van der Waals surface area contributed by atoms with Crippen LogP contribution in [0, 0.1) is 5.92 Å². The SMILES string of the molecule is C=C1N(C)c2cc(N3CC[C@H](CN4CCC(c5ccc(Nc6nc(N7CCCCC7)cnc6C(N)=O)cc5)CC4)C3)ccc2N1[C@@H]1CCC(=O)NC1=O. The number of rotatable bonds is 9. The molecule has 0 saturated carbocycles. The molecule has 13 nitrogen and oxygen atoms in total. The summed E-state index contributed by atoms with van der Waals surface area (Å²) < 4.78 is 0. The van der Waals surface area contributed by atoms with Gasteiger partial charge in [0.2, 0.25) is 11.8 Å². The van der Waals surface area contributed by atoms with Gasteiger partial charge in [0.1, 0.15) is 17.7 Å². The third kappa shape index (κ3) is 7.14. The van der Waals surface area contributed by atoms with E-state index in [1.54, 1.807) is 6.20 Å².